The Morgan fingerprint density at radius 1 is 1.05 bits per heavy atom. The van der Waals surface area contributed by atoms with Gasteiger partial charge in [0.2, 0.25) is 0 Å². The zero-order chi connectivity index (χ0) is 16.6. The van der Waals surface area contributed by atoms with Gasteiger partial charge in [0.1, 0.15) is 5.75 Å². The molecule has 1 rings (SSSR count). The molecule has 0 atom stereocenters. The average molecular weight is 420 g/mol. The van der Waals surface area contributed by atoms with E-state index < -0.39 is 33.4 Å². The van der Waals surface area contributed by atoms with E-state index in [1.54, 1.807) is 0 Å². The van der Waals surface area contributed by atoms with E-state index in [1.807, 2.05) is 0 Å². The van der Waals surface area contributed by atoms with Crippen LogP contribution in [0.2, 0.25) is 10.0 Å². The highest BCUT2D eigenvalue weighted by Gasteiger charge is 2.75. The Morgan fingerprint density at radius 3 is 1.90 bits per heavy atom. The average Bonchev–Trinajstić information content (AvgIpc) is 2.28. The summed E-state index contributed by atoms with van der Waals surface area (Å²) in [6.45, 7) is 0. The summed E-state index contributed by atoms with van der Waals surface area (Å²) in [6.07, 6.45) is -11.9. The zero-order valence-electron chi connectivity index (χ0n) is 9.45. The normalized spacial score (nSPS) is 13.2. The van der Waals surface area contributed by atoms with Gasteiger partial charge in [-0.25, -0.2) is 4.79 Å². The van der Waals surface area contributed by atoms with Gasteiger partial charge >= 0.3 is 22.6 Å². The van der Waals surface area contributed by atoms with Gasteiger partial charge in [-0.2, -0.15) is 26.3 Å². The van der Waals surface area contributed by atoms with Crippen LogP contribution < -0.4 is 4.74 Å². The molecule has 0 saturated carbocycles. The molecule has 0 N–H and O–H groups in total. The third-order valence-electron chi connectivity index (χ3n) is 2.16. The fourth-order valence-electron chi connectivity index (χ4n) is 1.12. The molecule has 118 valence electrons. The molecule has 0 spiro atoms. The van der Waals surface area contributed by atoms with Crippen LogP contribution >= 0.6 is 39.1 Å². The first-order chi connectivity index (χ1) is 9.30. The number of hydrogen-bond donors (Lipinski definition) is 0. The van der Waals surface area contributed by atoms with Gasteiger partial charge in [0.05, 0.1) is 5.02 Å². The maximum Gasteiger partial charge on any atom is 0.423 e. The highest BCUT2D eigenvalue weighted by Crippen LogP contribution is 2.50. The van der Waals surface area contributed by atoms with Crippen molar-refractivity contribution in [1.29, 1.82) is 0 Å². The quantitative estimate of drug-likeness (QED) is 0.286. The molecule has 0 unspecified atom stereocenters. The van der Waals surface area contributed by atoms with Crippen LogP contribution in [0, 0.1) is 0 Å². The van der Waals surface area contributed by atoms with Crippen LogP contribution in [-0.4, -0.2) is 22.6 Å². The second kappa shape index (κ2) is 5.85. The van der Waals surface area contributed by atoms with Crippen LogP contribution in [0.1, 0.15) is 0 Å². The number of carbonyl (C=O) groups excluding carboxylic acids is 1. The molecular formula is C10H3BrCl2F6O2. The van der Waals surface area contributed by atoms with Gasteiger partial charge in [0, 0.05) is 5.02 Å². The van der Waals surface area contributed by atoms with Crippen molar-refractivity contribution in [2.75, 3.05) is 0 Å². The molecule has 1 aromatic rings. The number of rotatable bonds is 2. The Balaban J connectivity index is 3.20. The highest BCUT2D eigenvalue weighted by molar-refractivity contribution is 9.10. The molecule has 2 nitrogen and oxygen atoms in total. The van der Waals surface area contributed by atoms with Crippen molar-refractivity contribution in [3.05, 3.63) is 28.2 Å². The van der Waals surface area contributed by atoms with Crippen molar-refractivity contribution in [2.24, 2.45) is 0 Å². The van der Waals surface area contributed by atoms with Gasteiger partial charge in [-0.05, 0) is 18.2 Å². The maximum atomic E-state index is 12.6. The molecule has 0 saturated heterocycles. The van der Waals surface area contributed by atoms with Crippen molar-refractivity contribution in [3.63, 3.8) is 0 Å². The lowest BCUT2D eigenvalue weighted by atomic mass is 10.1. The van der Waals surface area contributed by atoms with Crippen molar-refractivity contribution in [3.8, 4) is 5.75 Å². The number of alkyl halides is 7. The van der Waals surface area contributed by atoms with E-state index in [1.165, 1.54) is 15.9 Å². The van der Waals surface area contributed by atoms with Crippen LogP contribution in [0.5, 0.6) is 5.75 Å². The summed E-state index contributed by atoms with van der Waals surface area (Å²) in [5.74, 6) is -3.31. The SMILES string of the molecule is O=C(Oc1ccc(Cl)cc1Cl)C(Br)(C(F)(F)F)C(F)(F)F. The summed E-state index contributed by atoms with van der Waals surface area (Å²) < 4.78 is 74.8. The number of benzene rings is 1. The molecule has 0 heterocycles. The van der Waals surface area contributed by atoms with E-state index in [-0.39, 0.29) is 5.02 Å². The first kappa shape index (κ1) is 18.4. The lowest BCUT2D eigenvalue weighted by Gasteiger charge is -2.29. The Hall–Kier alpha value is -0.670. The van der Waals surface area contributed by atoms with Crippen LogP contribution in [0.3, 0.4) is 0 Å². The Kier molecular flexibility index (Phi) is 5.12. The Labute approximate surface area is 132 Å². The van der Waals surface area contributed by atoms with Gasteiger partial charge in [-0.1, -0.05) is 39.1 Å². The number of carbonyl (C=O) groups is 1. The minimum absolute atomic E-state index is 0.0524. The zero-order valence-corrected chi connectivity index (χ0v) is 12.5. The molecule has 11 heteroatoms. The van der Waals surface area contributed by atoms with E-state index in [0.717, 1.165) is 18.2 Å². The van der Waals surface area contributed by atoms with Gasteiger partial charge in [0.15, 0.2) is 0 Å². The molecule has 0 aliphatic heterocycles. The number of hydrogen-bond acceptors (Lipinski definition) is 2. The molecule has 0 fully saturated rings. The monoisotopic (exact) mass is 418 g/mol. The second-order valence-electron chi connectivity index (χ2n) is 3.62. The summed E-state index contributed by atoms with van der Waals surface area (Å²) in [5.41, 5.74) is 0. The fraction of sp³-hybridized carbons (Fsp3) is 0.300. The van der Waals surface area contributed by atoms with Crippen molar-refractivity contribution >= 4 is 45.1 Å². The molecule has 0 bridgehead atoms. The summed E-state index contributed by atoms with van der Waals surface area (Å²) in [6, 6.07) is 2.93. The highest BCUT2D eigenvalue weighted by atomic mass is 79.9. The first-order valence-corrected chi connectivity index (χ1v) is 6.35. The van der Waals surface area contributed by atoms with E-state index in [2.05, 4.69) is 4.74 Å². The third-order valence-corrected chi connectivity index (χ3v) is 3.91. The molecule has 0 aliphatic carbocycles. The maximum absolute atomic E-state index is 12.6. The predicted molar refractivity (Wildman–Crippen MR) is 65.9 cm³/mol. The first-order valence-electron chi connectivity index (χ1n) is 4.80. The van der Waals surface area contributed by atoms with Crippen LogP contribution in [0.25, 0.3) is 0 Å². The van der Waals surface area contributed by atoms with Crippen molar-refractivity contribution in [2.45, 2.75) is 16.7 Å². The second-order valence-corrected chi connectivity index (χ2v) is 5.65. The Bertz CT molecular complexity index is 543. The van der Waals surface area contributed by atoms with Crippen molar-refractivity contribution < 1.29 is 35.9 Å². The smallest absolute Gasteiger partial charge is 0.423 e. The van der Waals surface area contributed by atoms with Gasteiger partial charge in [0.25, 0.3) is 0 Å². The number of esters is 1. The molecule has 1 aromatic carbocycles. The standard InChI is InChI=1S/C10H3BrCl2F6O2/c11-8(9(14,15)16,10(17,18)19)7(20)21-6-2-1-4(12)3-5(6)13/h1-3H. The van der Waals surface area contributed by atoms with Gasteiger partial charge in [-0.15, -0.1) is 0 Å². The summed E-state index contributed by atoms with van der Waals surface area (Å²) in [7, 11) is 0. The summed E-state index contributed by atoms with van der Waals surface area (Å²) in [5, 5.41) is -0.369. The minimum Gasteiger partial charge on any atom is -0.423 e. The van der Waals surface area contributed by atoms with E-state index in [4.69, 9.17) is 23.2 Å². The van der Waals surface area contributed by atoms with Crippen LogP contribution in [0.4, 0.5) is 26.3 Å². The summed E-state index contributed by atoms with van der Waals surface area (Å²) >= 11 is 12.4. The third kappa shape index (κ3) is 3.57. The molecule has 0 aliphatic rings. The lowest BCUT2D eigenvalue weighted by molar-refractivity contribution is -0.259. The molecule has 0 radical (unpaired) electrons. The molecule has 0 aromatic heterocycles. The molecular weight excluding hydrogens is 417 g/mol. The van der Waals surface area contributed by atoms with Crippen LogP contribution in [-0.2, 0) is 4.79 Å². The van der Waals surface area contributed by atoms with Gasteiger partial charge in [-0.3, -0.25) is 0 Å². The largest absolute Gasteiger partial charge is 0.423 e. The number of ether oxygens (including phenoxy) is 1. The van der Waals surface area contributed by atoms with Gasteiger partial charge < -0.3 is 4.74 Å². The molecule has 21 heavy (non-hydrogen) atoms. The van der Waals surface area contributed by atoms with E-state index in [0.29, 0.717) is 0 Å². The predicted octanol–water partition coefficient (Wildman–Crippen LogP) is 5.16. The lowest BCUT2D eigenvalue weighted by Crippen LogP contribution is -2.59. The van der Waals surface area contributed by atoms with Crippen LogP contribution in [0.15, 0.2) is 18.2 Å². The summed E-state index contributed by atoms with van der Waals surface area (Å²) in [4.78, 5) is 11.4. The van der Waals surface area contributed by atoms with E-state index in [9.17, 15) is 31.1 Å². The number of halogens is 9. The minimum atomic E-state index is -5.97. The van der Waals surface area contributed by atoms with Crippen molar-refractivity contribution in [1.82, 2.24) is 0 Å². The Morgan fingerprint density at radius 2 is 1.52 bits per heavy atom. The molecule has 0 amide bonds. The topological polar surface area (TPSA) is 26.3 Å². The fourth-order valence-corrected chi connectivity index (χ4v) is 1.65. The van der Waals surface area contributed by atoms with E-state index >= 15 is 0 Å².